The summed E-state index contributed by atoms with van der Waals surface area (Å²) < 4.78 is 14.0. The molecule has 3 heterocycles. The van der Waals surface area contributed by atoms with Crippen molar-refractivity contribution in [2.24, 2.45) is 5.92 Å². The second kappa shape index (κ2) is 9.17. The molecule has 8 nitrogen and oxygen atoms in total. The lowest BCUT2D eigenvalue weighted by atomic mass is 10.1. The Morgan fingerprint density at radius 2 is 1.83 bits per heavy atom. The Labute approximate surface area is 174 Å². The highest BCUT2D eigenvalue weighted by atomic mass is 19.1. The number of carbonyl (C=O) groups excluding carboxylic acids is 2. The van der Waals surface area contributed by atoms with Crippen LogP contribution in [0.25, 0.3) is 0 Å². The fraction of sp³-hybridized carbons (Fsp3) is 0.429. The highest BCUT2D eigenvalue weighted by Crippen LogP contribution is 2.27. The van der Waals surface area contributed by atoms with Gasteiger partial charge in [-0.3, -0.25) is 14.5 Å². The highest BCUT2D eigenvalue weighted by Gasteiger charge is 2.36. The van der Waals surface area contributed by atoms with E-state index >= 15 is 0 Å². The highest BCUT2D eigenvalue weighted by molar-refractivity contribution is 6.00. The molecular formula is C21H25FN6O2. The maximum atomic E-state index is 14.0. The fourth-order valence-corrected chi connectivity index (χ4v) is 3.89. The standard InChI is InChI=1S/C21H25FN6O2/c22-17-4-1-2-5-18(17)28-15-16(14-19(28)29)20(30)23-8-9-26-10-12-27(13-11-26)21-24-6-3-7-25-21/h1-7,16H,8-15H2,(H,23,30). The number of nitrogens with zero attached hydrogens (tertiary/aromatic N) is 5. The number of anilines is 2. The number of rotatable bonds is 6. The van der Waals surface area contributed by atoms with E-state index in [2.05, 4.69) is 25.1 Å². The third-order valence-electron chi connectivity index (χ3n) is 5.57. The summed E-state index contributed by atoms with van der Waals surface area (Å²) in [5, 5.41) is 2.93. The minimum absolute atomic E-state index is 0.107. The Balaban J connectivity index is 1.20. The number of carbonyl (C=O) groups is 2. The Morgan fingerprint density at radius 1 is 1.10 bits per heavy atom. The van der Waals surface area contributed by atoms with Crippen molar-refractivity contribution in [1.82, 2.24) is 20.2 Å². The molecule has 2 amide bonds. The number of piperazine rings is 1. The number of hydrogen-bond donors (Lipinski definition) is 1. The first-order valence-corrected chi connectivity index (χ1v) is 10.2. The molecule has 1 atom stereocenters. The molecule has 2 aliphatic rings. The maximum absolute atomic E-state index is 14.0. The van der Waals surface area contributed by atoms with E-state index in [1.165, 1.54) is 11.0 Å². The van der Waals surface area contributed by atoms with Crippen LogP contribution >= 0.6 is 0 Å². The van der Waals surface area contributed by atoms with Gasteiger partial charge in [0.1, 0.15) is 5.82 Å². The number of benzene rings is 1. The maximum Gasteiger partial charge on any atom is 0.227 e. The van der Waals surface area contributed by atoms with Gasteiger partial charge in [-0.1, -0.05) is 12.1 Å². The van der Waals surface area contributed by atoms with Crippen LogP contribution in [0.2, 0.25) is 0 Å². The molecule has 0 aliphatic carbocycles. The van der Waals surface area contributed by atoms with Crippen molar-refractivity contribution in [2.45, 2.75) is 6.42 Å². The molecule has 0 saturated carbocycles. The summed E-state index contributed by atoms with van der Waals surface area (Å²) in [4.78, 5) is 39.1. The van der Waals surface area contributed by atoms with Gasteiger partial charge in [-0.05, 0) is 18.2 Å². The fourth-order valence-electron chi connectivity index (χ4n) is 3.89. The minimum Gasteiger partial charge on any atom is -0.355 e. The van der Waals surface area contributed by atoms with E-state index in [1.54, 1.807) is 36.7 Å². The molecule has 1 unspecified atom stereocenters. The van der Waals surface area contributed by atoms with Crippen LogP contribution in [0.4, 0.5) is 16.0 Å². The van der Waals surface area contributed by atoms with Gasteiger partial charge in [0.25, 0.3) is 0 Å². The van der Waals surface area contributed by atoms with Crippen LogP contribution in [0, 0.1) is 11.7 Å². The Morgan fingerprint density at radius 3 is 2.57 bits per heavy atom. The Bertz CT molecular complexity index is 888. The van der Waals surface area contributed by atoms with E-state index in [0.717, 1.165) is 38.7 Å². The van der Waals surface area contributed by atoms with Gasteiger partial charge in [0, 0.05) is 64.6 Å². The summed E-state index contributed by atoms with van der Waals surface area (Å²) in [5.74, 6) is -0.537. The van der Waals surface area contributed by atoms with Gasteiger partial charge in [-0.2, -0.15) is 0 Å². The van der Waals surface area contributed by atoms with Crippen LogP contribution in [-0.4, -0.2) is 72.5 Å². The van der Waals surface area contributed by atoms with Crippen molar-refractivity contribution >= 4 is 23.5 Å². The predicted molar refractivity (Wildman–Crippen MR) is 111 cm³/mol. The van der Waals surface area contributed by atoms with Gasteiger partial charge in [-0.25, -0.2) is 14.4 Å². The van der Waals surface area contributed by atoms with Gasteiger partial charge >= 0.3 is 0 Å². The first kappa shape index (κ1) is 20.2. The number of amides is 2. The SMILES string of the molecule is O=C(NCCN1CCN(c2ncccn2)CC1)C1CC(=O)N(c2ccccc2F)C1. The quantitative estimate of drug-likeness (QED) is 0.760. The number of nitrogens with one attached hydrogen (secondary N) is 1. The summed E-state index contributed by atoms with van der Waals surface area (Å²) in [6.07, 6.45) is 3.59. The molecule has 2 fully saturated rings. The molecule has 2 aliphatic heterocycles. The molecule has 2 aromatic rings. The zero-order valence-corrected chi connectivity index (χ0v) is 16.7. The monoisotopic (exact) mass is 412 g/mol. The van der Waals surface area contributed by atoms with E-state index in [1.807, 2.05) is 0 Å². The zero-order chi connectivity index (χ0) is 20.9. The summed E-state index contributed by atoms with van der Waals surface area (Å²) in [7, 11) is 0. The van der Waals surface area contributed by atoms with Crippen molar-refractivity contribution in [3.05, 3.63) is 48.5 Å². The zero-order valence-electron chi connectivity index (χ0n) is 16.7. The van der Waals surface area contributed by atoms with Crippen molar-refractivity contribution < 1.29 is 14.0 Å². The van der Waals surface area contributed by atoms with Gasteiger partial charge in [-0.15, -0.1) is 0 Å². The Kier molecular flexibility index (Phi) is 6.18. The lowest BCUT2D eigenvalue weighted by Crippen LogP contribution is -2.49. The van der Waals surface area contributed by atoms with Crippen LogP contribution in [0.3, 0.4) is 0 Å². The van der Waals surface area contributed by atoms with Crippen LogP contribution < -0.4 is 15.1 Å². The first-order chi connectivity index (χ1) is 14.6. The van der Waals surface area contributed by atoms with Gasteiger partial charge in [0.05, 0.1) is 11.6 Å². The van der Waals surface area contributed by atoms with E-state index in [0.29, 0.717) is 6.54 Å². The molecule has 1 N–H and O–H groups in total. The lowest BCUT2D eigenvalue weighted by Gasteiger charge is -2.34. The first-order valence-electron chi connectivity index (χ1n) is 10.2. The Hall–Kier alpha value is -3.07. The second-order valence-electron chi connectivity index (χ2n) is 7.53. The predicted octanol–water partition coefficient (Wildman–Crippen LogP) is 0.907. The molecule has 0 radical (unpaired) electrons. The van der Waals surface area contributed by atoms with Crippen LogP contribution in [0.15, 0.2) is 42.7 Å². The molecule has 9 heteroatoms. The number of para-hydroxylation sites is 1. The smallest absolute Gasteiger partial charge is 0.227 e. The molecule has 30 heavy (non-hydrogen) atoms. The topological polar surface area (TPSA) is 81.7 Å². The molecular weight excluding hydrogens is 387 g/mol. The number of hydrogen-bond acceptors (Lipinski definition) is 6. The van der Waals surface area contributed by atoms with Crippen LogP contribution in [0.5, 0.6) is 0 Å². The van der Waals surface area contributed by atoms with Gasteiger partial charge in [0.15, 0.2) is 0 Å². The second-order valence-corrected chi connectivity index (χ2v) is 7.53. The number of aromatic nitrogens is 2. The van der Waals surface area contributed by atoms with Crippen LogP contribution in [-0.2, 0) is 9.59 Å². The molecule has 1 aromatic heterocycles. The summed E-state index contributed by atoms with van der Waals surface area (Å²) in [6.45, 7) is 4.90. The normalized spacial score (nSPS) is 19.9. The third kappa shape index (κ3) is 4.56. The largest absolute Gasteiger partial charge is 0.355 e. The van der Waals surface area contributed by atoms with E-state index in [9.17, 15) is 14.0 Å². The minimum atomic E-state index is -0.454. The van der Waals surface area contributed by atoms with Crippen molar-refractivity contribution in [3.8, 4) is 0 Å². The van der Waals surface area contributed by atoms with Gasteiger partial charge in [0.2, 0.25) is 17.8 Å². The molecule has 2 saturated heterocycles. The van der Waals surface area contributed by atoms with Gasteiger partial charge < -0.3 is 15.1 Å². The molecule has 4 rings (SSSR count). The summed E-state index contributed by atoms with van der Waals surface area (Å²) in [6, 6.07) is 7.95. The van der Waals surface area contributed by atoms with E-state index in [-0.39, 0.29) is 30.5 Å². The molecule has 0 bridgehead atoms. The summed E-state index contributed by atoms with van der Waals surface area (Å²) >= 11 is 0. The molecule has 1 aromatic carbocycles. The van der Waals surface area contributed by atoms with E-state index < -0.39 is 11.7 Å². The van der Waals surface area contributed by atoms with Crippen LogP contribution in [0.1, 0.15) is 6.42 Å². The van der Waals surface area contributed by atoms with Crippen molar-refractivity contribution in [3.63, 3.8) is 0 Å². The lowest BCUT2D eigenvalue weighted by molar-refractivity contribution is -0.126. The van der Waals surface area contributed by atoms with E-state index in [4.69, 9.17) is 0 Å². The number of halogens is 1. The average Bonchev–Trinajstić information content (AvgIpc) is 3.17. The third-order valence-corrected chi connectivity index (χ3v) is 5.57. The molecule has 0 spiro atoms. The summed E-state index contributed by atoms with van der Waals surface area (Å²) in [5.41, 5.74) is 0.234. The van der Waals surface area contributed by atoms with Crippen molar-refractivity contribution in [2.75, 3.05) is 55.6 Å². The average molecular weight is 412 g/mol. The molecule has 158 valence electrons. The van der Waals surface area contributed by atoms with Crippen molar-refractivity contribution in [1.29, 1.82) is 0 Å².